The van der Waals surface area contributed by atoms with Crippen LogP contribution in [0.1, 0.15) is 56.3 Å². The highest BCUT2D eigenvalue weighted by Crippen LogP contribution is 2.30. The van der Waals surface area contributed by atoms with Crippen LogP contribution in [0.5, 0.6) is 0 Å². The summed E-state index contributed by atoms with van der Waals surface area (Å²) in [6, 6.07) is 1.96. The molecule has 2 fully saturated rings. The lowest BCUT2D eigenvalue weighted by Crippen LogP contribution is -2.50. The van der Waals surface area contributed by atoms with Crippen molar-refractivity contribution < 1.29 is 14.0 Å². The number of furan rings is 1. The third-order valence-electron chi connectivity index (χ3n) is 5.88. The number of carbonyl (C=O) groups is 2. The van der Waals surface area contributed by atoms with E-state index in [1.807, 2.05) is 0 Å². The SMILES string of the molecule is CC1CCCC(NC(=O)C2CCCN(C(=O)c3ccoc3)C2)C1C. The number of hydrogen-bond acceptors (Lipinski definition) is 3. The molecule has 0 spiro atoms. The maximum atomic E-state index is 12.7. The maximum absolute atomic E-state index is 12.7. The van der Waals surface area contributed by atoms with Crippen molar-refractivity contribution in [2.45, 2.75) is 52.0 Å². The summed E-state index contributed by atoms with van der Waals surface area (Å²) in [6.45, 7) is 5.73. The number of rotatable bonds is 3. The van der Waals surface area contributed by atoms with Crippen molar-refractivity contribution in [1.82, 2.24) is 10.2 Å². The van der Waals surface area contributed by atoms with Crippen molar-refractivity contribution >= 4 is 11.8 Å². The summed E-state index contributed by atoms with van der Waals surface area (Å²) in [6.07, 6.45) is 8.22. The van der Waals surface area contributed by atoms with Crippen LogP contribution in [0.3, 0.4) is 0 Å². The fraction of sp³-hybridized carbons (Fsp3) is 0.684. The molecule has 1 N–H and O–H groups in total. The molecule has 2 heterocycles. The Morgan fingerprint density at radius 3 is 2.79 bits per heavy atom. The number of nitrogens with one attached hydrogen (secondary N) is 1. The molecule has 1 aromatic rings. The Morgan fingerprint density at radius 2 is 2.04 bits per heavy atom. The van der Waals surface area contributed by atoms with Crippen molar-refractivity contribution in [3.63, 3.8) is 0 Å². The van der Waals surface area contributed by atoms with Gasteiger partial charge in [0.15, 0.2) is 0 Å². The standard InChI is InChI=1S/C19H28N2O3/c1-13-5-3-7-17(14(13)2)20-18(22)15-6-4-9-21(11-15)19(23)16-8-10-24-12-16/h8,10,12-15,17H,3-7,9,11H2,1-2H3,(H,20,22). The van der Waals surface area contributed by atoms with Crippen LogP contribution in [0.25, 0.3) is 0 Å². The fourth-order valence-electron chi connectivity index (χ4n) is 4.03. The summed E-state index contributed by atoms with van der Waals surface area (Å²) in [5.74, 6) is 1.16. The first-order valence-corrected chi connectivity index (χ1v) is 9.18. The van der Waals surface area contributed by atoms with Gasteiger partial charge in [0.1, 0.15) is 6.26 Å². The van der Waals surface area contributed by atoms with Gasteiger partial charge in [0.05, 0.1) is 17.7 Å². The average Bonchev–Trinajstić information content (AvgIpc) is 3.13. The molecule has 4 unspecified atom stereocenters. The monoisotopic (exact) mass is 332 g/mol. The van der Waals surface area contributed by atoms with E-state index in [-0.39, 0.29) is 23.8 Å². The lowest BCUT2D eigenvalue weighted by molar-refractivity contribution is -0.127. The molecule has 0 bridgehead atoms. The first-order valence-electron chi connectivity index (χ1n) is 9.18. The predicted octanol–water partition coefficient (Wildman–Crippen LogP) is 3.07. The van der Waals surface area contributed by atoms with Gasteiger partial charge in [-0.25, -0.2) is 0 Å². The molecular weight excluding hydrogens is 304 g/mol. The number of piperidine rings is 1. The lowest BCUT2D eigenvalue weighted by Gasteiger charge is -2.37. The summed E-state index contributed by atoms with van der Waals surface area (Å²) in [4.78, 5) is 26.9. The molecule has 2 aliphatic rings. The summed E-state index contributed by atoms with van der Waals surface area (Å²) in [7, 11) is 0. The van der Waals surface area contributed by atoms with E-state index in [0.717, 1.165) is 19.3 Å². The van der Waals surface area contributed by atoms with E-state index in [2.05, 4.69) is 19.2 Å². The zero-order valence-electron chi connectivity index (χ0n) is 14.7. The highest BCUT2D eigenvalue weighted by atomic mass is 16.3. The topological polar surface area (TPSA) is 62.6 Å². The summed E-state index contributed by atoms with van der Waals surface area (Å²) < 4.78 is 5.00. The third kappa shape index (κ3) is 3.65. The molecule has 0 radical (unpaired) electrons. The predicted molar refractivity (Wildman–Crippen MR) is 91.4 cm³/mol. The largest absolute Gasteiger partial charge is 0.472 e. The maximum Gasteiger partial charge on any atom is 0.257 e. The second-order valence-corrected chi connectivity index (χ2v) is 7.48. The van der Waals surface area contributed by atoms with Crippen LogP contribution in [-0.4, -0.2) is 35.8 Å². The molecule has 1 saturated carbocycles. The highest BCUT2D eigenvalue weighted by molar-refractivity contribution is 5.94. The number of amides is 2. The molecule has 5 heteroatoms. The molecule has 24 heavy (non-hydrogen) atoms. The van der Waals surface area contributed by atoms with Gasteiger partial charge in [-0.1, -0.05) is 26.7 Å². The first-order chi connectivity index (χ1) is 11.6. The van der Waals surface area contributed by atoms with E-state index in [9.17, 15) is 9.59 Å². The third-order valence-corrected chi connectivity index (χ3v) is 5.88. The van der Waals surface area contributed by atoms with Crippen LogP contribution in [-0.2, 0) is 4.79 Å². The van der Waals surface area contributed by atoms with Crippen LogP contribution in [0.2, 0.25) is 0 Å². The molecule has 4 atom stereocenters. The molecular formula is C19H28N2O3. The molecule has 3 rings (SSSR count). The van der Waals surface area contributed by atoms with Crippen LogP contribution in [0.4, 0.5) is 0 Å². The van der Waals surface area contributed by atoms with Crippen LogP contribution >= 0.6 is 0 Å². The molecule has 1 aliphatic carbocycles. The lowest BCUT2D eigenvalue weighted by atomic mass is 9.78. The number of nitrogens with zero attached hydrogens (tertiary/aromatic N) is 1. The molecule has 132 valence electrons. The molecule has 5 nitrogen and oxygen atoms in total. The van der Waals surface area contributed by atoms with Gasteiger partial charge >= 0.3 is 0 Å². The Morgan fingerprint density at radius 1 is 1.21 bits per heavy atom. The molecule has 0 aromatic carbocycles. The van der Waals surface area contributed by atoms with Gasteiger partial charge in [-0.2, -0.15) is 0 Å². The average molecular weight is 332 g/mol. The van der Waals surface area contributed by atoms with Crippen LogP contribution in [0, 0.1) is 17.8 Å². The van der Waals surface area contributed by atoms with Gasteiger partial charge in [-0.3, -0.25) is 9.59 Å². The highest BCUT2D eigenvalue weighted by Gasteiger charge is 2.33. The minimum Gasteiger partial charge on any atom is -0.472 e. The minimum atomic E-state index is -0.0981. The summed E-state index contributed by atoms with van der Waals surface area (Å²) in [5.41, 5.74) is 0.561. The Hall–Kier alpha value is -1.78. The Bertz CT molecular complexity index is 569. The van der Waals surface area contributed by atoms with E-state index < -0.39 is 0 Å². The van der Waals surface area contributed by atoms with Gasteiger partial charge < -0.3 is 14.6 Å². The van der Waals surface area contributed by atoms with Gasteiger partial charge in [-0.05, 0) is 37.2 Å². The van der Waals surface area contributed by atoms with E-state index in [1.165, 1.54) is 25.4 Å². The van der Waals surface area contributed by atoms with Crippen LogP contribution in [0.15, 0.2) is 23.0 Å². The van der Waals surface area contributed by atoms with Crippen molar-refractivity contribution in [1.29, 1.82) is 0 Å². The molecule has 1 aliphatic heterocycles. The number of likely N-dealkylation sites (tertiary alicyclic amines) is 1. The smallest absolute Gasteiger partial charge is 0.257 e. The first kappa shape index (κ1) is 17.1. The van der Waals surface area contributed by atoms with Crippen molar-refractivity contribution in [3.8, 4) is 0 Å². The van der Waals surface area contributed by atoms with Crippen molar-refractivity contribution in [2.24, 2.45) is 17.8 Å². The zero-order chi connectivity index (χ0) is 17.1. The molecule has 1 aromatic heterocycles. The summed E-state index contributed by atoms with van der Waals surface area (Å²) >= 11 is 0. The molecule has 1 saturated heterocycles. The fourth-order valence-corrected chi connectivity index (χ4v) is 4.03. The second kappa shape index (κ2) is 7.41. The van der Waals surface area contributed by atoms with Crippen LogP contribution < -0.4 is 5.32 Å². The minimum absolute atomic E-state index is 0.0408. The number of carbonyl (C=O) groups excluding carboxylic acids is 2. The Kier molecular flexibility index (Phi) is 5.27. The van der Waals surface area contributed by atoms with Gasteiger partial charge in [-0.15, -0.1) is 0 Å². The van der Waals surface area contributed by atoms with E-state index in [1.54, 1.807) is 11.0 Å². The Balaban J connectivity index is 1.58. The quantitative estimate of drug-likeness (QED) is 0.925. The van der Waals surface area contributed by atoms with E-state index in [4.69, 9.17) is 4.42 Å². The number of hydrogen-bond donors (Lipinski definition) is 1. The second-order valence-electron chi connectivity index (χ2n) is 7.48. The molecule has 2 amide bonds. The van der Waals surface area contributed by atoms with Crippen molar-refractivity contribution in [2.75, 3.05) is 13.1 Å². The zero-order valence-corrected chi connectivity index (χ0v) is 14.7. The van der Waals surface area contributed by atoms with Crippen molar-refractivity contribution in [3.05, 3.63) is 24.2 Å². The normalized spacial score (nSPS) is 30.8. The van der Waals surface area contributed by atoms with E-state index >= 15 is 0 Å². The van der Waals surface area contributed by atoms with E-state index in [0.29, 0.717) is 30.5 Å². The van der Waals surface area contributed by atoms with Gasteiger partial charge in [0.25, 0.3) is 5.91 Å². The summed E-state index contributed by atoms with van der Waals surface area (Å²) in [5, 5.41) is 3.27. The van der Waals surface area contributed by atoms with Gasteiger partial charge in [0, 0.05) is 19.1 Å². The van der Waals surface area contributed by atoms with Gasteiger partial charge in [0.2, 0.25) is 5.91 Å². The Labute approximate surface area is 143 Å².